The van der Waals surface area contributed by atoms with Crippen LogP contribution in [0.2, 0.25) is 0 Å². The number of hydrogen-bond donors (Lipinski definition) is 2. The summed E-state index contributed by atoms with van der Waals surface area (Å²) in [6.45, 7) is 0. The van der Waals surface area contributed by atoms with E-state index in [-0.39, 0.29) is 11.9 Å². The van der Waals surface area contributed by atoms with Gasteiger partial charge in [-0.25, -0.2) is 9.97 Å². The van der Waals surface area contributed by atoms with Crippen molar-refractivity contribution >= 4 is 17.5 Å². The summed E-state index contributed by atoms with van der Waals surface area (Å²) in [6, 6.07) is 18.9. The van der Waals surface area contributed by atoms with E-state index in [1.54, 1.807) is 12.3 Å². The number of benzene rings is 2. The molecule has 0 saturated carbocycles. The molecule has 1 amide bonds. The Bertz CT molecular complexity index is 801. The molecule has 0 unspecified atom stereocenters. The predicted octanol–water partition coefficient (Wildman–Crippen LogP) is 2.91. The fourth-order valence-corrected chi connectivity index (χ4v) is 2.25. The van der Waals surface area contributed by atoms with Gasteiger partial charge in [0.15, 0.2) is 0 Å². The van der Waals surface area contributed by atoms with Gasteiger partial charge in [-0.3, -0.25) is 4.79 Å². The van der Waals surface area contributed by atoms with Crippen molar-refractivity contribution in [2.45, 2.75) is 6.42 Å². The van der Waals surface area contributed by atoms with E-state index in [1.807, 2.05) is 54.6 Å². The molecule has 0 aliphatic rings. The van der Waals surface area contributed by atoms with Crippen LogP contribution in [0.15, 0.2) is 66.9 Å². The number of nitrogen functional groups attached to an aromatic ring is 1. The standard InChI is InChI=1S/C18H16N4O/c19-18-20-11-10-16(22-18)14-6-8-15(9-7-14)21-17(23)12-13-4-2-1-3-5-13/h1-11H,12H2,(H,21,23)(H2,19,20,22). The first-order valence-corrected chi connectivity index (χ1v) is 7.23. The molecule has 0 saturated heterocycles. The van der Waals surface area contributed by atoms with E-state index in [4.69, 9.17) is 5.73 Å². The lowest BCUT2D eigenvalue weighted by molar-refractivity contribution is -0.115. The topological polar surface area (TPSA) is 80.9 Å². The van der Waals surface area contributed by atoms with Crippen LogP contribution in [0.4, 0.5) is 11.6 Å². The average Bonchev–Trinajstić information content (AvgIpc) is 2.56. The molecule has 3 aromatic rings. The molecule has 3 N–H and O–H groups in total. The van der Waals surface area contributed by atoms with Crippen molar-refractivity contribution in [3.05, 3.63) is 72.4 Å². The third-order valence-electron chi connectivity index (χ3n) is 3.35. The normalized spacial score (nSPS) is 10.3. The lowest BCUT2D eigenvalue weighted by atomic mass is 10.1. The second kappa shape index (κ2) is 6.70. The minimum Gasteiger partial charge on any atom is -0.368 e. The summed E-state index contributed by atoms with van der Waals surface area (Å²) in [7, 11) is 0. The fraction of sp³-hybridized carbons (Fsp3) is 0.0556. The maximum Gasteiger partial charge on any atom is 0.228 e. The minimum absolute atomic E-state index is 0.0461. The van der Waals surface area contributed by atoms with Gasteiger partial charge in [-0.1, -0.05) is 42.5 Å². The van der Waals surface area contributed by atoms with Crippen LogP contribution in [0.3, 0.4) is 0 Å². The first-order valence-electron chi connectivity index (χ1n) is 7.23. The molecule has 0 radical (unpaired) electrons. The van der Waals surface area contributed by atoms with Gasteiger partial charge in [0.05, 0.1) is 12.1 Å². The molecule has 5 heteroatoms. The third-order valence-corrected chi connectivity index (χ3v) is 3.35. The molecule has 0 bridgehead atoms. The zero-order valence-electron chi connectivity index (χ0n) is 12.4. The Balaban J connectivity index is 1.67. The van der Waals surface area contributed by atoms with Crippen LogP contribution in [0.5, 0.6) is 0 Å². The van der Waals surface area contributed by atoms with Gasteiger partial charge in [0, 0.05) is 17.4 Å². The Kier molecular flexibility index (Phi) is 4.29. The van der Waals surface area contributed by atoms with E-state index in [9.17, 15) is 4.79 Å². The highest BCUT2D eigenvalue weighted by molar-refractivity contribution is 5.92. The Morgan fingerprint density at radius 3 is 2.43 bits per heavy atom. The summed E-state index contributed by atoms with van der Waals surface area (Å²) in [5.41, 5.74) is 8.98. The number of amides is 1. The van der Waals surface area contributed by atoms with Gasteiger partial charge < -0.3 is 11.1 Å². The van der Waals surface area contributed by atoms with Crippen LogP contribution in [0.1, 0.15) is 5.56 Å². The number of nitrogens with one attached hydrogen (secondary N) is 1. The van der Waals surface area contributed by atoms with E-state index in [0.717, 1.165) is 22.5 Å². The molecule has 2 aromatic carbocycles. The highest BCUT2D eigenvalue weighted by Gasteiger charge is 2.05. The largest absolute Gasteiger partial charge is 0.368 e. The highest BCUT2D eigenvalue weighted by atomic mass is 16.1. The van der Waals surface area contributed by atoms with E-state index in [2.05, 4.69) is 15.3 Å². The summed E-state index contributed by atoms with van der Waals surface area (Å²) >= 11 is 0. The van der Waals surface area contributed by atoms with E-state index >= 15 is 0 Å². The summed E-state index contributed by atoms with van der Waals surface area (Å²) in [6.07, 6.45) is 1.97. The molecule has 0 fully saturated rings. The van der Waals surface area contributed by atoms with Crippen LogP contribution in [-0.2, 0) is 11.2 Å². The van der Waals surface area contributed by atoms with E-state index in [0.29, 0.717) is 6.42 Å². The van der Waals surface area contributed by atoms with Crippen molar-refractivity contribution in [3.8, 4) is 11.3 Å². The Morgan fingerprint density at radius 2 is 1.74 bits per heavy atom. The van der Waals surface area contributed by atoms with Crippen molar-refractivity contribution in [2.24, 2.45) is 0 Å². The second-order valence-corrected chi connectivity index (χ2v) is 5.09. The molecule has 0 spiro atoms. The van der Waals surface area contributed by atoms with Crippen molar-refractivity contribution in [2.75, 3.05) is 11.1 Å². The SMILES string of the molecule is Nc1nccc(-c2ccc(NC(=O)Cc3ccccc3)cc2)n1. The molecular weight excluding hydrogens is 288 g/mol. The van der Waals surface area contributed by atoms with Crippen molar-refractivity contribution in [1.29, 1.82) is 0 Å². The van der Waals surface area contributed by atoms with Crippen LogP contribution >= 0.6 is 0 Å². The zero-order valence-corrected chi connectivity index (χ0v) is 12.4. The lowest BCUT2D eigenvalue weighted by Crippen LogP contribution is -2.14. The summed E-state index contributed by atoms with van der Waals surface area (Å²) in [5, 5.41) is 2.88. The first kappa shape index (κ1) is 14.7. The maximum atomic E-state index is 12.0. The predicted molar refractivity (Wildman–Crippen MR) is 90.7 cm³/mol. The van der Waals surface area contributed by atoms with Gasteiger partial charge in [-0.05, 0) is 23.8 Å². The molecule has 114 valence electrons. The fourth-order valence-electron chi connectivity index (χ4n) is 2.25. The molecule has 1 heterocycles. The number of anilines is 2. The van der Waals surface area contributed by atoms with Gasteiger partial charge in [0.25, 0.3) is 0 Å². The Labute approximate surface area is 134 Å². The van der Waals surface area contributed by atoms with Gasteiger partial charge in [-0.15, -0.1) is 0 Å². The minimum atomic E-state index is -0.0461. The van der Waals surface area contributed by atoms with Gasteiger partial charge >= 0.3 is 0 Å². The molecule has 1 aromatic heterocycles. The van der Waals surface area contributed by atoms with Crippen LogP contribution in [-0.4, -0.2) is 15.9 Å². The molecule has 0 aliphatic heterocycles. The second-order valence-electron chi connectivity index (χ2n) is 5.09. The van der Waals surface area contributed by atoms with Crippen LogP contribution in [0.25, 0.3) is 11.3 Å². The maximum absolute atomic E-state index is 12.0. The number of rotatable bonds is 4. The highest BCUT2D eigenvalue weighted by Crippen LogP contribution is 2.19. The van der Waals surface area contributed by atoms with Crippen LogP contribution < -0.4 is 11.1 Å². The average molecular weight is 304 g/mol. The smallest absolute Gasteiger partial charge is 0.228 e. The quantitative estimate of drug-likeness (QED) is 0.776. The van der Waals surface area contributed by atoms with Crippen molar-refractivity contribution in [1.82, 2.24) is 9.97 Å². The van der Waals surface area contributed by atoms with E-state index < -0.39 is 0 Å². The Hall–Kier alpha value is -3.21. The van der Waals surface area contributed by atoms with Crippen LogP contribution in [0, 0.1) is 0 Å². The molecule has 5 nitrogen and oxygen atoms in total. The number of aromatic nitrogens is 2. The number of nitrogens with two attached hydrogens (primary N) is 1. The summed E-state index contributed by atoms with van der Waals surface area (Å²) < 4.78 is 0. The molecular formula is C18H16N4O. The van der Waals surface area contributed by atoms with E-state index in [1.165, 1.54) is 0 Å². The molecule has 0 atom stereocenters. The number of nitrogens with zero attached hydrogens (tertiary/aromatic N) is 2. The first-order chi connectivity index (χ1) is 11.2. The summed E-state index contributed by atoms with van der Waals surface area (Å²) in [5.74, 6) is 0.193. The molecule has 0 aliphatic carbocycles. The number of carbonyl (C=O) groups is 1. The monoisotopic (exact) mass is 304 g/mol. The third kappa shape index (κ3) is 3.91. The van der Waals surface area contributed by atoms with Gasteiger partial charge in [0.1, 0.15) is 0 Å². The zero-order chi connectivity index (χ0) is 16.1. The summed E-state index contributed by atoms with van der Waals surface area (Å²) in [4.78, 5) is 20.1. The van der Waals surface area contributed by atoms with Crippen molar-refractivity contribution < 1.29 is 4.79 Å². The van der Waals surface area contributed by atoms with Gasteiger partial charge in [0.2, 0.25) is 11.9 Å². The van der Waals surface area contributed by atoms with Crippen molar-refractivity contribution in [3.63, 3.8) is 0 Å². The number of hydrogen-bond acceptors (Lipinski definition) is 4. The molecule has 3 rings (SSSR count). The Morgan fingerprint density at radius 1 is 1.00 bits per heavy atom. The molecule has 23 heavy (non-hydrogen) atoms. The van der Waals surface area contributed by atoms with Gasteiger partial charge in [-0.2, -0.15) is 0 Å². The lowest BCUT2D eigenvalue weighted by Gasteiger charge is -2.07. The number of carbonyl (C=O) groups excluding carboxylic acids is 1.